The second-order valence-corrected chi connectivity index (χ2v) is 8.14. The van der Waals surface area contributed by atoms with Gasteiger partial charge in [-0.2, -0.15) is 5.06 Å². The summed E-state index contributed by atoms with van der Waals surface area (Å²) in [6, 6.07) is 18.6. The Morgan fingerprint density at radius 2 is 1.83 bits per heavy atom. The van der Waals surface area contributed by atoms with E-state index in [0.717, 1.165) is 70.0 Å². The SMILES string of the molecule is OC(COc1cccc(CN2CCCO2)c1)CN1CCCN(c2ccccc2)CC1. The van der Waals surface area contributed by atoms with Gasteiger partial charge in [-0.15, -0.1) is 0 Å². The third-order valence-corrected chi connectivity index (χ3v) is 5.70. The maximum absolute atomic E-state index is 10.5. The van der Waals surface area contributed by atoms with Crippen LogP contribution in [0.4, 0.5) is 5.69 Å². The molecule has 2 fully saturated rings. The van der Waals surface area contributed by atoms with Crippen LogP contribution in [-0.4, -0.2) is 73.7 Å². The Balaban J connectivity index is 1.21. The minimum atomic E-state index is -0.501. The number of benzene rings is 2. The average molecular weight is 412 g/mol. The normalized spacial score (nSPS) is 19.6. The molecule has 0 radical (unpaired) electrons. The van der Waals surface area contributed by atoms with Crippen molar-refractivity contribution >= 4 is 5.69 Å². The summed E-state index contributed by atoms with van der Waals surface area (Å²) in [6.07, 6.45) is 1.68. The van der Waals surface area contributed by atoms with Gasteiger partial charge < -0.3 is 14.7 Å². The molecule has 0 aromatic heterocycles. The maximum atomic E-state index is 10.5. The zero-order valence-electron chi connectivity index (χ0n) is 17.7. The highest BCUT2D eigenvalue weighted by Gasteiger charge is 2.18. The zero-order chi connectivity index (χ0) is 20.6. The highest BCUT2D eigenvalue weighted by Crippen LogP contribution is 2.18. The predicted molar refractivity (Wildman–Crippen MR) is 119 cm³/mol. The summed E-state index contributed by atoms with van der Waals surface area (Å²) >= 11 is 0. The summed E-state index contributed by atoms with van der Waals surface area (Å²) in [6.45, 7) is 7.50. The fourth-order valence-electron chi connectivity index (χ4n) is 4.15. The van der Waals surface area contributed by atoms with Gasteiger partial charge >= 0.3 is 0 Å². The van der Waals surface area contributed by atoms with Gasteiger partial charge in [-0.1, -0.05) is 30.3 Å². The molecule has 2 aromatic carbocycles. The monoisotopic (exact) mass is 411 g/mol. The molecule has 6 nitrogen and oxygen atoms in total. The minimum Gasteiger partial charge on any atom is -0.491 e. The lowest BCUT2D eigenvalue weighted by Gasteiger charge is -2.25. The summed E-state index contributed by atoms with van der Waals surface area (Å²) in [4.78, 5) is 10.3. The van der Waals surface area contributed by atoms with Gasteiger partial charge in [-0.25, -0.2) is 0 Å². The van der Waals surface area contributed by atoms with Gasteiger partial charge in [0.1, 0.15) is 18.5 Å². The Bertz CT molecular complexity index is 767. The topological polar surface area (TPSA) is 48.4 Å². The number of para-hydroxylation sites is 1. The van der Waals surface area contributed by atoms with Crippen molar-refractivity contribution in [1.82, 2.24) is 9.96 Å². The summed E-state index contributed by atoms with van der Waals surface area (Å²) < 4.78 is 5.89. The third kappa shape index (κ3) is 6.19. The first-order valence-electron chi connectivity index (χ1n) is 11.1. The number of anilines is 1. The standard InChI is InChI=1S/C24H33N3O3/c28-23(19-25-11-5-12-26(15-14-25)22-8-2-1-3-9-22)20-29-24-10-4-7-21(17-24)18-27-13-6-16-30-27/h1-4,7-10,17,23,28H,5-6,11-16,18-20H2. The Hall–Kier alpha value is -2.12. The maximum Gasteiger partial charge on any atom is 0.119 e. The number of hydrogen-bond acceptors (Lipinski definition) is 6. The molecule has 2 aliphatic heterocycles. The van der Waals surface area contributed by atoms with E-state index in [1.165, 1.54) is 5.69 Å². The molecule has 0 aliphatic carbocycles. The first-order chi connectivity index (χ1) is 14.8. The summed E-state index contributed by atoms with van der Waals surface area (Å²) in [5, 5.41) is 12.5. The van der Waals surface area contributed by atoms with Crippen molar-refractivity contribution in [2.24, 2.45) is 0 Å². The van der Waals surface area contributed by atoms with Gasteiger partial charge in [0.2, 0.25) is 0 Å². The van der Waals surface area contributed by atoms with Crippen molar-refractivity contribution in [3.63, 3.8) is 0 Å². The van der Waals surface area contributed by atoms with E-state index in [2.05, 4.69) is 46.2 Å². The van der Waals surface area contributed by atoms with Gasteiger partial charge in [0.15, 0.2) is 0 Å². The van der Waals surface area contributed by atoms with E-state index >= 15 is 0 Å². The van der Waals surface area contributed by atoms with Crippen molar-refractivity contribution in [2.75, 3.05) is 57.4 Å². The Morgan fingerprint density at radius 3 is 2.67 bits per heavy atom. The number of ether oxygens (including phenoxy) is 1. The van der Waals surface area contributed by atoms with E-state index in [4.69, 9.17) is 9.57 Å². The quantitative estimate of drug-likeness (QED) is 0.721. The highest BCUT2D eigenvalue weighted by molar-refractivity contribution is 5.46. The van der Waals surface area contributed by atoms with E-state index in [-0.39, 0.29) is 0 Å². The summed E-state index contributed by atoms with van der Waals surface area (Å²) in [7, 11) is 0. The van der Waals surface area contributed by atoms with E-state index in [1.807, 2.05) is 23.3 Å². The van der Waals surface area contributed by atoms with Crippen LogP contribution in [0.3, 0.4) is 0 Å². The van der Waals surface area contributed by atoms with Crippen LogP contribution in [0.15, 0.2) is 54.6 Å². The molecule has 162 valence electrons. The zero-order valence-corrected chi connectivity index (χ0v) is 17.7. The second kappa shape index (κ2) is 10.8. The summed E-state index contributed by atoms with van der Waals surface area (Å²) in [5.41, 5.74) is 2.44. The van der Waals surface area contributed by atoms with Gasteiger partial charge in [0, 0.05) is 45.0 Å². The molecule has 30 heavy (non-hydrogen) atoms. The molecule has 2 aromatic rings. The number of β-amino-alcohol motifs (C(OH)–C–C–N with tert-alkyl or cyclic N) is 1. The molecule has 2 saturated heterocycles. The molecule has 4 rings (SSSR count). The molecule has 2 heterocycles. The fourth-order valence-corrected chi connectivity index (χ4v) is 4.15. The van der Waals surface area contributed by atoms with Crippen LogP contribution in [0.2, 0.25) is 0 Å². The molecule has 0 bridgehead atoms. The van der Waals surface area contributed by atoms with E-state index in [0.29, 0.717) is 13.2 Å². The molecular formula is C24H33N3O3. The van der Waals surface area contributed by atoms with Crippen molar-refractivity contribution in [1.29, 1.82) is 0 Å². The Morgan fingerprint density at radius 1 is 0.933 bits per heavy atom. The van der Waals surface area contributed by atoms with Crippen LogP contribution >= 0.6 is 0 Å². The third-order valence-electron chi connectivity index (χ3n) is 5.70. The number of rotatable bonds is 8. The number of hydrogen-bond donors (Lipinski definition) is 1. The molecule has 1 N–H and O–H groups in total. The molecule has 1 unspecified atom stereocenters. The van der Waals surface area contributed by atoms with Crippen LogP contribution in [-0.2, 0) is 11.4 Å². The van der Waals surface area contributed by atoms with Crippen LogP contribution in [0.5, 0.6) is 5.75 Å². The largest absolute Gasteiger partial charge is 0.491 e. The Kier molecular flexibility index (Phi) is 7.59. The van der Waals surface area contributed by atoms with E-state index in [1.54, 1.807) is 0 Å². The number of aliphatic hydroxyl groups excluding tert-OH is 1. The van der Waals surface area contributed by atoms with Crippen LogP contribution in [0.25, 0.3) is 0 Å². The van der Waals surface area contributed by atoms with Crippen LogP contribution in [0, 0.1) is 0 Å². The van der Waals surface area contributed by atoms with E-state index in [9.17, 15) is 5.11 Å². The molecular weight excluding hydrogens is 378 g/mol. The molecule has 1 atom stereocenters. The first-order valence-corrected chi connectivity index (χ1v) is 11.1. The molecule has 0 spiro atoms. The lowest BCUT2D eigenvalue weighted by Crippen LogP contribution is -2.38. The lowest BCUT2D eigenvalue weighted by molar-refractivity contribution is -0.117. The van der Waals surface area contributed by atoms with Gasteiger partial charge in [0.25, 0.3) is 0 Å². The van der Waals surface area contributed by atoms with Crippen molar-refractivity contribution in [2.45, 2.75) is 25.5 Å². The average Bonchev–Trinajstić information content (AvgIpc) is 3.17. The minimum absolute atomic E-state index is 0.308. The van der Waals surface area contributed by atoms with E-state index < -0.39 is 6.10 Å². The van der Waals surface area contributed by atoms with Crippen molar-refractivity contribution in [3.05, 3.63) is 60.2 Å². The number of aliphatic hydroxyl groups is 1. The smallest absolute Gasteiger partial charge is 0.119 e. The first kappa shape index (κ1) is 21.1. The summed E-state index contributed by atoms with van der Waals surface area (Å²) in [5.74, 6) is 0.803. The molecule has 0 amide bonds. The van der Waals surface area contributed by atoms with Crippen LogP contribution in [0.1, 0.15) is 18.4 Å². The molecule has 2 aliphatic rings. The van der Waals surface area contributed by atoms with Gasteiger partial charge in [0.05, 0.1) is 6.61 Å². The highest BCUT2D eigenvalue weighted by atomic mass is 16.7. The van der Waals surface area contributed by atoms with Gasteiger partial charge in [-0.05, 0) is 49.2 Å². The molecule has 6 heteroatoms. The Labute approximate surface area is 179 Å². The lowest BCUT2D eigenvalue weighted by atomic mass is 10.2. The number of nitrogens with zero attached hydrogens (tertiary/aromatic N) is 3. The van der Waals surface area contributed by atoms with Crippen molar-refractivity contribution < 1.29 is 14.7 Å². The van der Waals surface area contributed by atoms with Gasteiger partial charge in [-0.3, -0.25) is 9.74 Å². The number of hydroxylamine groups is 2. The molecule has 0 saturated carbocycles. The van der Waals surface area contributed by atoms with Crippen LogP contribution < -0.4 is 9.64 Å². The second-order valence-electron chi connectivity index (χ2n) is 8.14. The fraction of sp³-hybridized carbons (Fsp3) is 0.500. The van der Waals surface area contributed by atoms with Crippen molar-refractivity contribution in [3.8, 4) is 5.75 Å². The predicted octanol–water partition coefficient (Wildman–Crippen LogP) is 2.78.